The third-order valence-corrected chi connectivity index (χ3v) is 7.91. The van der Waals surface area contributed by atoms with Crippen LogP contribution in [0.15, 0.2) is 12.3 Å². The van der Waals surface area contributed by atoms with Crippen LogP contribution in [0.4, 0.5) is 13.2 Å². The molecule has 2 aromatic rings. The molecule has 1 atom stereocenters. The monoisotopic (exact) mass is 512 g/mol. The Morgan fingerprint density at radius 1 is 1.20 bits per heavy atom. The molecule has 2 aliphatic carbocycles. The lowest BCUT2D eigenvalue weighted by Gasteiger charge is -2.45. The Morgan fingerprint density at radius 3 is 2.49 bits per heavy atom. The van der Waals surface area contributed by atoms with Gasteiger partial charge in [0.15, 0.2) is 11.3 Å². The number of halogens is 4. The van der Waals surface area contributed by atoms with Crippen molar-refractivity contribution in [1.29, 1.82) is 0 Å². The highest BCUT2D eigenvalue weighted by atomic mass is 35.5. The molecular weight excluding hydrogens is 485 g/mol. The molecule has 3 fully saturated rings. The van der Waals surface area contributed by atoms with Gasteiger partial charge in [0.2, 0.25) is 5.91 Å². The van der Waals surface area contributed by atoms with Gasteiger partial charge in [-0.1, -0.05) is 18.5 Å². The topological polar surface area (TPSA) is 78.2 Å². The molecule has 1 N–H and O–H groups in total. The van der Waals surface area contributed by atoms with Crippen molar-refractivity contribution < 1.29 is 27.9 Å². The van der Waals surface area contributed by atoms with Crippen molar-refractivity contribution in [2.75, 3.05) is 13.1 Å². The molecule has 5 rings (SSSR count). The number of pyridine rings is 1. The molecule has 190 valence electrons. The molecule has 0 bridgehead atoms. The molecule has 1 unspecified atom stereocenters. The molecule has 0 spiro atoms. The summed E-state index contributed by atoms with van der Waals surface area (Å²) in [6.45, 7) is 2.06. The van der Waals surface area contributed by atoms with E-state index in [0.29, 0.717) is 44.2 Å². The SMILES string of the molecule is CCC1CN(C2CCC(O)CC2)C(=O)CN1C(=O)c1nc2c(C(F)(F)F)cc(C3CC3)cn2c1Cl. The van der Waals surface area contributed by atoms with E-state index in [1.54, 1.807) is 4.90 Å². The summed E-state index contributed by atoms with van der Waals surface area (Å²) in [5, 5.41) is 9.61. The van der Waals surface area contributed by atoms with Crippen molar-refractivity contribution in [3.05, 3.63) is 34.2 Å². The average Bonchev–Trinajstić information content (AvgIpc) is 3.62. The van der Waals surface area contributed by atoms with E-state index < -0.39 is 23.3 Å². The van der Waals surface area contributed by atoms with Crippen LogP contribution in [-0.4, -0.2) is 67.4 Å². The van der Waals surface area contributed by atoms with Crippen molar-refractivity contribution >= 4 is 29.1 Å². The molecule has 2 aromatic heterocycles. The van der Waals surface area contributed by atoms with Gasteiger partial charge in [0, 0.05) is 24.8 Å². The molecule has 1 saturated heterocycles. The maximum Gasteiger partial charge on any atom is 0.419 e. The fourth-order valence-corrected chi connectivity index (χ4v) is 5.61. The fraction of sp³-hybridized carbons (Fsp3) is 0.625. The largest absolute Gasteiger partial charge is 0.419 e. The Labute approximate surface area is 205 Å². The third-order valence-electron chi connectivity index (χ3n) is 7.55. The van der Waals surface area contributed by atoms with Crippen LogP contribution >= 0.6 is 11.6 Å². The summed E-state index contributed by atoms with van der Waals surface area (Å²) in [7, 11) is 0. The van der Waals surface area contributed by atoms with Gasteiger partial charge in [0.25, 0.3) is 5.91 Å². The van der Waals surface area contributed by atoms with Gasteiger partial charge in [-0.3, -0.25) is 14.0 Å². The van der Waals surface area contributed by atoms with Crippen molar-refractivity contribution in [1.82, 2.24) is 19.2 Å². The number of hydrogen-bond acceptors (Lipinski definition) is 4. The molecule has 1 aliphatic heterocycles. The summed E-state index contributed by atoms with van der Waals surface area (Å²) >= 11 is 6.45. The number of piperazine rings is 1. The maximum absolute atomic E-state index is 13.8. The Hall–Kier alpha value is -2.33. The summed E-state index contributed by atoms with van der Waals surface area (Å²) in [4.78, 5) is 33.7. The van der Waals surface area contributed by atoms with E-state index in [1.165, 1.54) is 11.1 Å². The van der Waals surface area contributed by atoms with Crippen molar-refractivity contribution in [3.8, 4) is 0 Å². The number of rotatable bonds is 4. The lowest BCUT2D eigenvalue weighted by atomic mass is 9.91. The first-order chi connectivity index (χ1) is 16.6. The van der Waals surface area contributed by atoms with Crippen LogP contribution in [0.5, 0.6) is 0 Å². The Bertz CT molecular complexity index is 1160. The minimum Gasteiger partial charge on any atom is -0.393 e. The van der Waals surface area contributed by atoms with Gasteiger partial charge >= 0.3 is 6.18 Å². The van der Waals surface area contributed by atoms with E-state index in [4.69, 9.17) is 11.6 Å². The minimum atomic E-state index is -4.65. The lowest BCUT2D eigenvalue weighted by Crippen LogP contribution is -2.60. The summed E-state index contributed by atoms with van der Waals surface area (Å²) in [5.74, 6) is -0.802. The first kappa shape index (κ1) is 24.4. The Kier molecular flexibility index (Phi) is 6.24. The van der Waals surface area contributed by atoms with E-state index in [-0.39, 0.29) is 47.4 Å². The van der Waals surface area contributed by atoms with Gasteiger partial charge in [-0.2, -0.15) is 13.2 Å². The van der Waals surface area contributed by atoms with Gasteiger partial charge < -0.3 is 14.9 Å². The number of amides is 2. The van der Waals surface area contributed by atoms with E-state index >= 15 is 0 Å². The molecule has 2 amide bonds. The zero-order valence-electron chi connectivity index (χ0n) is 19.4. The highest BCUT2D eigenvalue weighted by Crippen LogP contribution is 2.43. The van der Waals surface area contributed by atoms with Crippen LogP contribution in [0.3, 0.4) is 0 Å². The third kappa shape index (κ3) is 4.50. The smallest absolute Gasteiger partial charge is 0.393 e. The second-order valence-electron chi connectivity index (χ2n) is 9.91. The van der Waals surface area contributed by atoms with E-state index in [2.05, 4.69) is 4.98 Å². The quantitative estimate of drug-likeness (QED) is 0.664. The number of alkyl halides is 3. The molecule has 11 heteroatoms. The van der Waals surface area contributed by atoms with Gasteiger partial charge in [0.1, 0.15) is 11.7 Å². The number of nitrogens with zero attached hydrogens (tertiary/aromatic N) is 4. The number of fused-ring (bicyclic) bond motifs is 1. The number of imidazole rings is 1. The van der Waals surface area contributed by atoms with Crippen LogP contribution < -0.4 is 0 Å². The highest BCUT2D eigenvalue weighted by molar-refractivity contribution is 6.33. The van der Waals surface area contributed by atoms with Crippen molar-refractivity contribution in [3.63, 3.8) is 0 Å². The Balaban J connectivity index is 1.45. The minimum absolute atomic E-state index is 0.0196. The Morgan fingerprint density at radius 2 is 1.89 bits per heavy atom. The highest BCUT2D eigenvalue weighted by Gasteiger charge is 2.41. The molecular formula is C24H28ClF3N4O3. The van der Waals surface area contributed by atoms with Crippen LogP contribution in [0, 0.1) is 0 Å². The van der Waals surface area contributed by atoms with Gasteiger partial charge in [0.05, 0.1) is 11.7 Å². The standard InChI is InChI=1S/C24H28ClF3N4O3/c1-2-15-11-30(16-5-7-17(33)8-6-16)19(34)12-31(15)23(35)20-21(25)32-10-14(13-3-4-13)9-18(22(32)29-20)24(26,27)28/h9-10,13,15-17,33H,2-8,11-12H2,1H3. The van der Waals surface area contributed by atoms with E-state index in [0.717, 1.165) is 23.3 Å². The fourth-order valence-electron chi connectivity index (χ4n) is 5.36. The molecule has 2 saturated carbocycles. The first-order valence-electron chi connectivity index (χ1n) is 12.2. The van der Waals surface area contributed by atoms with Gasteiger partial charge in [-0.15, -0.1) is 0 Å². The first-order valence-corrected chi connectivity index (χ1v) is 12.5. The predicted octanol–water partition coefficient (Wildman–Crippen LogP) is 4.25. The van der Waals surface area contributed by atoms with Crippen LogP contribution in [0.25, 0.3) is 5.65 Å². The molecule has 3 aliphatic rings. The zero-order valence-corrected chi connectivity index (χ0v) is 20.1. The normalized spacial score (nSPS) is 26.0. The van der Waals surface area contributed by atoms with E-state index in [9.17, 15) is 27.9 Å². The van der Waals surface area contributed by atoms with Crippen LogP contribution in [0.1, 0.15) is 79.4 Å². The molecule has 35 heavy (non-hydrogen) atoms. The van der Waals surface area contributed by atoms with E-state index in [1.807, 2.05) is 6.92 Å². The second-order valence-corrected chi connectivity index (χ2v) is 10.3. The summed E-state index contributed by atoms with van der Waals surface area (Å²) < 4.78 is 42.6. The van der Waals surface area contributed by atoms with Gasteiger partial charge in [-0.25, -0.2) is 4.98 Å². The number of aromatic nitrogens is 2. The number of aliphatic hydroxyl groups excluding tert-OH is 1. The summed E-state index contributed by atoms with van der Waals surface area (Å²) in [6.07, 6.45) is 1.41. The number of carbonyl (C=O) groups excluding carboxylic acids is 2. The predicted molar refractivity (Wildman–Crippen MR) is 122 cm³/mol. The second kappa shape index (κ2) is 8.96. The van der Waals surface area contributed by atoms with Crippen molar-refractivity contribution in [2.24, 2.45) is 0 Å². The molecule has 0 radical (unpaired) electrons. The number of aliphatic hydroxyl groups is 1. The van der Waals surface area contributed by atoms with Crippen molar-refractivity contribution in [2.45, 2.75) is 82.2 Å². The average molecular weight is 513 g/mol. The molecule has 3 heterocycles. The molecule has 7 nitrogen and oxygen atoms in total. The summed E-state index contributed by atoms with van der Waals surface area (Å²) in [6, 6.07) is 0.811. The summed E-state index contributed by atoms with van der Waals surface area (Å²) in [5.41, 5.74) is -1.08. The number of hydrogen-bond donors (Lipinski definition) is 1. The zero-order chi connectivity index (χ0) is 25.1. The molecule has 0 aromatic carbocycles. The lowest BCUT2D eigenvalue weighted by molar-refractivity contribution is -0.141. The number of carbonyl (C=O) groups is 2. The maximum atomic E-state index is 13.8. The van der Waals surface area contributed by atoms with Crippen LogP contribution in [0.2, 0.25) is 5.15 Å². The van der Waals surface area contributed by atoms with Gasteiger partial charge in [-0.05, 0) is 62.5 Å². The van der Waals surface area contributed by atoms with Crippen LogP contribution in [-0.2, 0) is 11.0 Å².